The van der Waals surface area contributed by atoms with Crippen LogP contribution in [0.3, 0.4) is 0 Å². The summed E-state index contributed by atoms with van der Waals surface area (Å²) in [6.45, 7) is 2.25. The van der Waals surface area contributed by atoms with E-state index in [0.29, 0.717) is 5.92 Å². The molecule has 5 heteroatoms. The summed E-state index contributed by atoms with van der Waals surface area (Å²) in [5, 5.41) is 4.25. The molecule has 0 radical (unpaired) electrons. The van der Waals surface area contributed by atoms with Crippen LogP contribution >= 0.6 is 18.5 Å². The number of rotatable bonds is 3. The molecule has 0 aliphatic heterocycles. The predicted molar refractivity (Wildman–Crippen MR) is 157 cm³/mol. The fourth-order valence-corrected chi connectivity index (χ4v) is 10.5. The van der Waals surface area contributed by atoms with E-state index in [-0.39, 0.29) is 5.82 Å². The van der Waals surface area contributed by atoms with Crippen molar-refractivity contribution in [3.05, 3.63) is 120 Å². The molecule has 0 fully saturated rings. The number of thiophene rings is 1. The van der Waals surface area contributed by atoms with Gasteiger partial charge in [0, 0.05) is 0 Å². The number of benzene rings is 5. The molecule has 2 atom stereocenters. The SMILES string of the molecule is C[C@H]1c2cc[c]([Tl])cc2-c2cc(P(=O)(c3ccccc3)c3ccc4sc5ccc(F)cc5c4c3)ccc21. The molecule has 0 saturated heterocycles. The van der Waals surface area contributed by atoms with Gasteiger partial charge < -0.3 is 0 Å². The van der Waals surface area contributed by atoms with E-state index in [1.807, 2.05) is 54.6 Å². The van der Waals surface area contributed by atoms with Crippen LogP contribution in [0.5, 0.6) is 0 Å². The van der Waals surface area contributed by atoms with E-state index in [0.717, 1.165) is 61.9 Å². The van der Waals surface area contributed by atoms with Crippen LogP contribution in [0.15, 0.2) is 103 Å². The molecule has 1 aromatic heterocycles. The van der Waals surface area contributed by atoms with E-state index in [4.69, 9.17) is 0 Å². The van der Waals surface area contributed by atoms with Gasteiger partial charge in [-0.3, -0.25) is 0 Å². The fraction of sp³-hybridized carbons (Fsp3) is 0.0625. The topological polar surface area (TPSA) is 17.1 Å². The van der Waals surface area contributed by atoms with Crippen molar-refractivity contribution in [3.63, 3.8) is 0 Å². The van der Waals surface area contributed by atoms with Crippen LogP contribution in [0.1, 0.15) is 24.0 Å². The first-order chi connectivity index (χ1) is 17.9. The van der Waals surface area contributed by atoms with Crippen molar-refractivity contribution in [1.82, 2.24) is 0 Å². The second-order valence-corrected chi connectivity index (χ2v) is 16.2. The Balaban J connectivity index is 1.49. The van der Waals surface area contributed by atoms with Gasteiger partial charge in [0.05, 0.1) is 0 Å². The van der Waals surface area contributed by atoms with Crippen molar-refractivity contribution < 1.29 is 8.96 Å². The molecule has 1 nitrogen and oxygen atoms in total. The van der Waals surface area contributed by atoms with Crippen molar-refractivity contribution in [2.45, 2.75) is 12.8 Å². The summed E-state index contributed by atoms with van der Waals surface area (Å²) in [5.41, 5.74) is 5.12. The van der Waals surface area contributed by atoms with Gasteiger partial charge >= 0.3 is 214 Å². The van der Waals surface area contributed by atoms with Crippen LogP contribution in [0.25, 0.3) is 31.3 Å². The summed E-state index contributed by atoms with van der Waals surface area (Å²) >= 11 is 2.41. The quantitative estimate of drug-likeness (QED) is 0.147. The molecule has 6 aromatic rings. The summed E-state index contributed by atoms with van der Waals surface area (Å²) in [4.78, 5) is 0. The van der Waals surface area contributed by atoms with E-state index >= 15 is 4.57 Å². The van der Waals surface area contributed by atoms with Gasteiger partial charge in [-0.25, -0.2) is 4.39 Å². The average molecular weight is 708 g/mol. The monoisotopic (exact) mass is 708 g/mol. The Bertz CT molecular complexity index is 1910. The van der Waals surface area contributed by atoms with E-state index in [2.05, 4.69) is 43.3 Å². The third-order valence-electron chi connectivity index (χ3n) is 7.60. The maximum atomic E-state index is 15.4. The molecule has 1 unspecified atom stereocenters. The first-order valence-corrected chi connectivity index (χ1v) is 17.0. The van der Waals surface area contributed by atoms with Crippen molar-refractivity contribution in [2.75, 3.05) is 0 Å². The van der Waals surface area contributed by atoms with Gasteiger partial charge in [0.25, 0.3) is 0 Å². The number of hydrogen-bond acceptors (Lipinski definition) is 2. The van der Waals surface area contributed by atoms with Gasteiger partial charge in [-0.1, -0.05) is 0 Å². The molecular weight excluding hydrogens is 687 g/mol. The standard InChI is InChI=1S/C32H21FOPS.Tl/c1-20-25-9-5-6-10-27(25)28-18-23(12-14-26(20)28)35(34,22-7-3-2-4-8-22)24-13-16-32-30(19-24)29-17-21(33)11-15-31(29)36-32;/h2-5,7-20H,1H3;/t20-,35?;/m0./s1. The number of hydrogen-bond donors (Lipinski definition) is 0. The Hall–Kier alpha value is -2.60. The Labute approximate surface area is 235 Å². The molecular formula is C32H21FOPSTl. The van der Waals surface area contributed by atoms with E-state index < -0.39 is 7.14 Å². The predicted octanol–water partition coefficient (Wildman–Crippen LogP) is 6.76. The minimum atomic E-state index is -3.20. The fourth-order valence-electron chi connectivity index (χ4n) is 5.72. The van der Waals surface area contributed by atoms with Crippen molar-refractivity contribution >= 4 is 83.5 Å². The number of fused-ring (bicyclic) bond motifs is 6. The number of halogens is 1. The third kappa shape index (κ3) is 3.62. The zero-order valence-corrected chi connectivity index (χ0v) is 26.3. The molecule has 0 N–H and O–H groups in total. The minimum absolute atomic E-state index is 0.255. The summed E-state index contributed by atoms with van der Waals surface area (Å²) < 4.78 is 33.0. The van der Waals surface area contributed by atoms with Crippen LogP contribution in [0, 0.1) is 5.82 Å². The van der Waals surface area contributed by atoms with Gasteiger partial charge in [0.1, 0.15) is 5.82 Å². The first-order valence-electron chi connectivity index (χ1n) is 12.3. The zero-order chi connectivity index (χ0) is 25.3. The molecule has 0 saturated carbocycles. The van der Waals surface area contributed by atoms with Crippen molar-refractivity contribution in [3.8, 4) is 11.1 Å². The Morgan fingerprint density at radius 2 is 1.32 bits per heavy atom. The Kier molecular flexibility index (Phi) is 5.54. The van der Waals surface area contributed by atoms with Crippen molar-refractivity contribution in [1.29, 1.82) is 0 Å². The van der Waals surface area contributed by atoms with Crippen LogP contribution in [0.2, 0.25) is 0 Å². The van der Waals surface area contributed by atoms with E-state index in [1.54, 1.807) is 17.4 Å². The van der Waals surface area contributed by atoms with Crippen LogP contribution < -0.4 is 19.0 Å². The molecule has 0 amide bonds. The summed E-state index contributed by atoms with van der Waals surface area (Å²) in [6, 6.07) is 34.0. The molecule has 176 valence electrons. The van der Waals surface area contributed by atoms with Crippen LogP contribution in [-0.4, -0.2) is 25.8 Å². The second-order valence-electron chi connectivity index (χ2n) is 9.71. The summed E-state index contributed by atoms with van der Waals surface area (Å²) in [7, 11) is -3.20. The average Bonchev–Trinajstić information content (AvgIpc) is 3.42. The van der Waals surface area contributed by atoms with E-state index in [9.17, 15) is 4.39 Å². The van der Waals surface area contributed by atoms with Gasteiger partial charge in [-0.15, -0.1) is 0 Å². The normalized spacial score (nSPS) is 16.0. The first kappa shape index (κ1) is 23.5. The van der Waals surface area contributed by atoms with Gasteiger partial charge in [0.15, 0.2) is 0 Å². The maximum absolute atomic E-state index is 15.4. The molecule has 0 bridgehead atoms. The second kappa shape index (κ2) is 8.72. The molecule has 1 aliphatic carbocycles. The molecule has 1 heterocycles. The van der Waals surface area contributed by atoms with Gasteiger partial charge in [-0.05, 0) is 12.1 Å². The van der Waals surface area contributed by atoms with Crippen LogP contribution in [0.4, 0.5) is 4.39 Å². The zero-order valence-electron chi connectivity index (χ0n) is 20.1. The Morgan fingerprint density at radius 1 is 0.703 bits per heavy atom. The van der Waals surface area contributed by atoms with Gasteiger partial charge in [0.2, 0.25) is 0 Å². The molecule has 7 rings (SSSR count). The summed E-state index contributed by atoms with van der Waals surface area (Å²) in [6.07, 6.45) is 0. The molecule has 37 heavy (non-hydrogen) atoms. The Morgan fingerprint density at radius 3 is 2.11 bits per heavy atom. The van der Waals surface area contributed by atoms with Crippen LogP contribution in [-0.2, 0) is 4.57 Å². The summed E-state index contributed by atoms with van der Waals surface area (Å²) in [5.74, 6) is 0.0680. The third-order valence-corrected chi connectivity index (χ3v) is 13.2. The molecule has 5 aromatic carbocycles. The van der Waals surface area contributed by atoms with E-state index in [1.165, 1.54) is 31.4 Å². The molecule has 0 spiro atoms. The molecule has 1 aliphatic rings. The van der Waals surface area contributed by atoms with Gasteiger partial charge in [-0.2, -0.15) is 0 Å². The van der Waals surface area contributed by atoms with Crippen molar-refractivity contribution in [2.24, 2.45) is 0 Å².